The number of fused-ring (bicyclic) bond motifs is 1. The van der Waals surface area contributed by atoms with Gasteiger partial charge in [0.05, 0.1) is 5.56 Å². The summed E-state index contributed by atoms with van der Waals surface area (Å²) in [4.78, 5) is 36.4. The number of rotatable bonds is 2. The molecule has 0 saturated heterocycles. The number of carbonyl (C=O) groups is 3. The third-order valence-corrected chi connectivity index (χ3v) is 3.89. The van der Waals surface area contributed by atoms with Gasteiger partial charge in [-0.05, 0) is 30.7 Å². The Kier molecular flexibility index (Phi) is 4.04. The number of nitrogens with one attached hydrogen (secondary N) is 2. The summed E-state index contributed by atoms with van der Waals surface area (Å²) in [6.07, 6.45) is 0.238. The van der Waals surface area contributed by atoms with Gasteiger partial charge in [-0.15, -0.1) is 0 Å². The fourth-order valence-electron chi connectivity index (χ4n) is 2.57. The molecule has 1 aliphatic heterocycles. The lowest BCUT2D eigenvalue weighted by Crippen LogP contribution is -2.56. The van der Waals surface area contributed by atoms with Crippen molar-refractivity contribution in [3.05, 3.63) is 71.3 Å². The number of cyclic esters (lactones) is 1. The molecular formula is C18H16N2O4. The molecule has 24 heavy (non-hydrogen) atoms. The van der Waals surface area contributed by atoms with E-state index in [1.54, 1.807) is 54.6 Å². The van der Waals surface area contributed by atoms with E-state index in [2.05, 4.69) is 10.9 Å². The van der Waals surface area contributed by atoms with E-state index in [1.165, 1.54) is 6.92 Å². The van der Waals surface area contributed by atoms with Crippen LogP contribution in [0.2, 0.25) is 0 Å². The van der Waals surface area contributed by atoms with Gasteiger partial charge in [-0.3, -0.25) is 20.4 Å². The number of hydrazine groups is 1. The molecule has 2 N–H and O–H groups in total. The summed E-state index contributed by atoms with van der Waals surface area (Å²) >= 11 is 0. The van der Waals surface area contributed by atoms with Crippen LogP contribution in [0.15, 0.2) is 54.6 Å². The lowest BCUT2D eigenvalue weighted by atomic mass is 9.89. The Bertz CT molecular complexity index is 804. The summed E-state index contributed by atoms with van der Waals surface area (Å²) in [7, 11) is 0. The molecule has 1 unspecified atom stereocenters. The number of amides is 2. The number of hydrogen-bond donors (Lipinski definition) is 2. The molecule has 0 aromatic heterocycles. The molecular weight excluding hydrogens is 308 g/mol. The van der Waals surface area contributed by atoms with E-state index in [4.69, 9.17) is 4.74 Å². The monoisotopic (exact) mass is 324 g/mol. The normalized spacial score (nSPS) is 19.0. The summed E-state index contributed by atoms with van der Waals surface area (Å²) in [6, 6.07) is 15.5. The molecule has 2 aromatic rings. The average molecular weight is 324 g/mol. The minimum Gasteiger partial charge on any atom is -0.445 e. The zero-order valence-corrected chi connectivity index (χ0v) is 13.0. The molecule has 6 nitrogen and oxygen atoms in total. The predicted octanol–water partition coefficient (Wildman–Crippen LogP) is 1.62. The number of carbonyl (C=O) groups excluding carboxylic acids is 3. The first-order valence-electron chi connectivity index (χ1n) is 7.47. The first-order chi connectivity index (χ1) is 11.5. The maximum absolute atomic E-state index is 12.4. The predicted molar refractivity (Wildman–Crippen MR) is 86.0 cm³/mol. The van der Waals surface area contributed by atoms with Crippen LogP contribution < -0.4 is 10.9 Å². The van der Waals surface area contributed by atoms with Crippen LogP contribution in [0, 0.1) is 0 Å². The van der Waals surface area contributed by atoms with Gasteiger partial charge in [0.2, 0.25) is 0 Å². The lowest BCUT2D eigenvalue weighted by molar-refractivity contribution is -0.140. The molecule has 0 radical (unpaired) electrons. The van der Waals surface area contributed by atoms with Crippen molar-refractivity contribution in [1.82, 2.24) is 10.9 Å². The SMILES string of the molecule is CC1(C(=O)NNC(=O)c2ccccc2)Cc2ccccc2C(=O)O1. The van der Waals surface area contributed by atoms with Gasteiger partial charge in [0.25, 0.3) is 11.8 Å². The fraction of sp³-hybridized carbons (Fsp3) is 0.167. The van der Waals surface area contributed by atoms with Crippen molar-refractivity contribution in [3.63, 3.8) is 0 Å². The van der Waals surface area contributed by atoms with Crippen molar-refractivity contribution >= 4 is 17.8 Å². The van der Waals surface area contributed by atoms with Crippen LogP contribution in [-0.2, 0) is 16.0 Å². The highest BCUT2D eigenvalue weighted by atomic mass is 16.6. The van der Waals surface area contributed by atoms with Gasteiger partial charge >= 0.3 is 5.97 Å². The number of hydrogen-bond acceptors (Lipinski definition) is 4. The van der Waals surface area contributed by atoms with Crippen molar-refractivity contribution in [2.24, 2.45) is 0 Å². The standard InChI is InChI=1S/C18H16N2O4/c1-18(11-13-9-5-6-10-14(13)16(22)24-18)17(23)20-19-15(21)12-7-3-2-4-8-12/h2-10H,11H2,1H3,(H,19,21)(H,20,23). The second-order valence-corrected chi connectivity index (χ2v) is 5.73. The van der Waals surface area contributed by atoms with Crippen LogP contribution in [0.3, 0.4) is 0 Å². The van der Waals surface area contributed by atoms with Gasteiger partial charge in [-0.2, -0.15) is 0 Å². The Morgan fingerprint density at radius 1 is 1.00 bits per heavy atom. The third-order valence-electron chi connectivity index (χ3n) is 3.89. The number of benzene rings is 2. The summed E-state index contributed by atoms with van der Waals surface area (Å²) in [5.41, 5.74) is 4.88. The van der Waals surface area contributed by atoms with Crippen molar-refractivity contribution in [3.8, 4) is 0 Å². The van der Waals surface area contributed by atoms with Crippen molar-refractivity contribution < 1.29 is 19.1 Å². The zero-order chi connectivity index (χ0) is 17.2. The van der Waals surface area contributed by atoms with E-state index in [-0.39, 0.29) is 6.42 Å². The minimum atomic E-state index is -1.38. The molecule has 0 fully saturated rings. The summed E-state index contributed by atoms with van der Waals surface area (Å²) < 4.78 is 5.30. The fourth-order valence-corrected chi connectivity index (χ4v) is 2.57. The quantitative estimate of drug-likeness (QED) is 0.649. The Morgan fingerprint density at radius 2 is 1.67 bits per heavy atom. The zero-order valence-electron chi connectivity index (χ0n) is 13.0. The number of ether oxygens (including phenoxy) is 1. The Morgan fingerprint density at radius 3 is 2.42 bits per heavy atom. The van der Waals surface area contributed by atoms with Crippen molar-refractivity contribution in [1.29, 1.82) is 0 Å². The van der Waals surface area contributed by atoms with E-state index < -0.39 is 23.4 Å². The van der Waals surface area contributed by atoms with Gasteiger partial charge in [0.15, 0.2) is 5.60 Å². The smallest absolute Gasteiger partial charge is 0.339 e. The molecule has 1 heterocycles. The second-order valence-electron chi connectivity index (χ2n) is 5.73. The van der Waals surface area contributed by atoms with E-state index in [0.717, 1.165) is 5.56 Å². The van der Waals surface area contributed by atoms with Crippen LogP contribution in [0.25, 0.3) is 0 Å². The van der Waals surface area contributed by atoms with Crippen LogP contribution in [0.4, 0.5) is 0 Å². The largest absolute Gasteiger partial charge is 0.445 e. The lowest BCUT2D eigenvalue weighted by Gasteiger charge is -2.32. The first kappa shape index (κ1) is 15.7. The average Bonchev–Trinajstić information content (AvgIpc) is 2.60. The molecule has 1 atom stereocenters. The van der Waals surface area contributed by atoms with Gasteiger partial charge in [0.1, 0.15) is 0 Å². The molecule has 0 saturated carbocycles. The topological polar surface area (TPSA) is 84.5 Å². The highest BCUT2D eigenvalue weighted by Gasteiger charge is 2.42. The second kappa shape index (κ2) is 6.16. The Hall–Kier alpha value is -3.15. The van der Waals surface area contributed by atoms with E-state index in [0.29, 0.717) is 11.1 Å². The van der Waals surface area contributed by atoms with Crippen LogP contribution in [-0.4, -0.2) is 23.4 Å². The Balaban J connectivity index is 1.69. The highest BCUT2D eigenvalue weighted by Crippen LogP contribution is 2.28. The minimum absolute atomic E-state index is 0.238. The van der Waals surface area contributed by atoms with Gasteiger partial charge in [0, 0.05) is 12.0 Å². The molecule has 6 heteroatoms. The van der Waals surface area contributed by atoms with Crippen molar-refractivity contribution in [2.75, 3.05) is 0 Å². The summed E-state index contributed by atoms with van der Waals surface area (Å²) in [5, 5.41) is 0. The Labute approximate surface area is 138 Å². The van der Waals surface area contributed by atoms with E-state index in [9.17, 15) is 14.4 Å². The van der Waals surface area contributed by atoms with E-state index in [1.807, 2.05) is 0 Å². The molecule has 3 rings (SSSR count). The summed E-state index contributed by atoms with van der Waals surface area (Å²) in [6.45, 7) is 1.52. The van der Waals surface area contributed by atoms with Crippen LogP contribution in [0.1, 0.15) is 33.2 Å². The molecule has 2 aromatic carbocycles. The highest BCUT2D eigenvalue weighted by molar-refractivity contribution is 5.99. The third kappa shape index (κ3) is 2.99. The molecule has 2 amide bonds. The molecule has 0 aliphatic carbocycles. The molecule has 122 valence electrons. The van der Waals surface area contributed by atoms with Crippen LogP contribution in [0.5, 0.6) is 0 Å². The maximum atomic E-state index is 12.4. The van der Waals surface area contributed by atoms with Crippen molar-refractivity contribution in [2.45, 2.75) is 18.9 Å². The molecule has 0 spiro atoms. The van der Waals surface area contributed by atoms with Crippen LogP contribution >= 0.6 is 0 Å². The summed E-state index contributed by atoms with van der Waals surface area (Å²) in [5.74, 6) is -1.59. The van der Waals surface area contributed by atoms with Gasteiger partial charge in [-0.1, -0.05) is 36.4 Å². The van der Waals surface area contributed by atoms with Gasteiger partial charge in [-0.25, -0.2) is 4.79 Å². The van der Waals surface area contributed by atoms with Gasteiger partial charge < -0.3 is 4.74 Å². The maximum Gasteiger partial charge on any atom is 0.339 e. The first-order valence-corrected chi connectivity index (χ1v) is 7.47. The molecule has 1 aliphatic rings. The molecule has 0 bridgehead atoms. The number of esters is 1. The van der Waals surface area contributed by atoms with E-state index >= 15 is 0 Å².